The molecule has 2 N–H and O–H groups in total. The van der Waals surface area contributed by atoms with Crippen LogP contribution in [0.5, 0.6) is 0 Å². The number of unbranched alkanes of at least 4 members (excludes halogenated alkanes) is 13. The third-order valence-electron chi connectivity index (χ3n) is 6.61. The Bertz CT molecular complexity index is 454. The number of nitrogens with zero attached hydrogens (tertiary/aromatic N) is 1. The summed E-state index contributed by atoms with van der Waals surface area (Å²) >= 11 is 0. The average molecular weight is 618 g/mol. The minimum absolute atomic E-state index is 0. The second-order valence-electron chi connectivity index (χ2n) is 10.8. The third kappa shape index (κ3) is 25.0. The molecule has 0 radical (unpaired) electrons. The van der Waals surface area contributed by atoms with Gasteiger partial charge in [0.05, 0.1) is 39.5 Å². The largest absolute Gasteiger partial charge is 1.00 e. The highest BCUT2D eigenvalue weighted by Gasteiger charge is 2.29. The van der Waals surface area contributed by atoms with E-state index < -0.39 is 11.9 Å². The van der Waals surface area contributed by atoms with Crippen molar-refractivity contribution in [2.75, 3.05) is 27.7 Å². The Morgan fingerprint density at radius 1 is 0.618 bits per heavy atom. The molecule has 0 heterocycles. The zero-order chi connectivity index (χ0) is 24.2. The van der Waals surface area contributed by atoms with Crippen molar-refractivity contribution in [2.45, 2.75) is 122 Å². The van der Waals surface area contributed by atoms with E-state index in [9.17, 15) is 9.59 Å². The molecule has 1 fully saturated rings. The molecule has 0 amide bonds. The number of halogens is 2. The lowest BCUT2D eigenvalue weighted by atomic mass is 9.82. The van der Waals surface area contributed by atoms with E-state index in [1.54, 1.807) is 0 Å². The first-order valence-electron chi connectivity index (χ1n) is 13.4. The van der Waals surface area contributed by atoms with Gasteiger partial charge in [0.25, 0.3) is 0 Å². The Balaban J connectivity index is -0.000000590. The van der Waals surface area contributed by atoms with Crippen LogP contribution in [0.2, 0.25) is 0 Å². The summed E-state index contributed by atoms with van der Waals surface area (Å²) in [5, 5.41) is 17.2. The van der Waals surface area contributed by atoms with Crippen molar-refractivity contribution < 1.29 is 41.3 Å². The Hall–Kier alpha value is -0.140. The van der Waals surface area contributed by atoms with Crippen LogP contribution < -0.4 is 17.0 Å². The fraction of sp³-hybridized carbons (Fsp3) is 0.926. The molecular formula is C27H55Br2NO4. The van der Waals surface area contributed by atoms with Gasteiger partial charge in [-0.2, -0.15) is 0 Å². The van der Waals surface area contributed by atoms with Gasteiger partial charge in [0.2, 0.25) is 0 Å². The van der Waals surface area contributed by atoms with E-state index in [1.165, 1.54) is 96.4 Å². The molecule has 5 nitrogen and oxygen atoms in total. The van der Waals surface area contributed by atoms with Gasteiger partial charge in [-0.3, -0.25) is 9.59 Å². The lowest BCUT2D eigenvalue weighted by Crippen LogP contribution is -3.00. The lowest BCUT2D eigenvalue weighted by molar-refractivity contribution is -0.870. The molecule has 7 heteroatoms. The maximum Gasteiger partial charge on any atom is 0.306 e. The van der Waals surface area contributed by atoms with Crippen molar-refractivity contribution in [1.82, 2.24) is 0 Å². The summed E-state index contributed by atoms with van der Waals surface area (Å²) in [5.41, 5.74) is 0. The van der Waals surface area contributed by atoms with Crippen LogP contribution in [-0.4, -0.2) is 54.3 Å². The van der Waals surface area contributed by atoms with E-state index >= 15 is 0 Å². The van der Waals surface area contributed by atoms with Crippen molar-refractivity contribution in [3.63, 3.8) is 0 Å². The first kappa shape index (κ1) is 38.4. The first-order valence-corrected chi connectivity index (χ1v) is 13.4. The third-order valence-corrected chi connectivity index (χ3v) is 6.61. The molecule has 0 aliphatic heterocycles. The van der Waals surface area contributed by atoms with Crippen molar-refractivity contribution in [3.8, 4) is 0 Å². The molecule has 0 aromatic heterocycles. The van der Waals surface area contributed by atoms with Crippen molar-refractivity contribution in [1.29, 1.82) is 0 Å². The Morgan fingerprint density at radius 2 is 0.882 bits per heavy atom. The molecule has 0 spiro atoms. The van der Waals surface area contributed by atoms with E-state index in [0.29, 0.717) is 25.7 Å². The number of carboxylic acid groups (broad SMARTS) is 2. The molecule has 0 aromatic rings. The molecule has 34 heavy (non-hydrogen) atoms. The van der Waals surface area contributed by atoms with Crippen LogP contribution in [0.15, 0.2) is 0 Å². The van der Waals surface area contributed by atoms with Gasteiger partial charge in [0.1, 0.15) is 0 Å². The predicted octanol–water partition coefficient (Wildman–Crippen LogP) is 4.72. The quantitative estimate of drug-likeness (QED) is 0.183. The van der Waals surface area contributed by atoms with Crippen molar-refractivity contribution >= 4 is 28.9 Å². The highest BCUT2D eigenvalue weighted by molar-refractivity contribution is 8.93. The summed E-state index contributed by atoms with van der Waals surface area (Å²) in [6, 6.07) is 0. The molecule has 0 aromatic carbocycles. The zero-order valence-electron chi connectivity index (χ0n) is 22.5. The molecule has 0 unspecified atom stereocenters. The maximum atomic E-state index is 10.5. The summed E-state index contributed by atoms with van der Waals surface area (Å²) in [5.74, 6) is -2.22. The van der Waals surface area contributed by atoms with Crippen LogP contribution in [-0.2, 0) is 9.59 Å². The molecule has 0 saturated heterocycles. The average Bonchev–Trinajstić information content (AvgIpc) is 2.73. The monoisotopic (exact) mass is 615 g/mol. The van der Waals surface area contributed by atoms with Gasteiger partial charge in [-0.05, 0) is 38.5 Å². The summed E-state index contributed by atoms with van der Waals surface area (Å²) in [7, 11) is 6.88. The lowest BCUT2D eigenvalue weighted by Gasteiger charge is -2.23. The first-order chi connectivity index (χ1) is 15.2. The second-order valence-corrected chi connectivity index (χ2v) is 10.8. The molecule has 1 aliphatic rings. The van der Waals surface area contributed by atoms with Gasteiger partial charge in [-0.1, -0.05) is 84.0 Å². The molecule has 206 valence electrons. The minimum atomic E-state index is -0.793. The Labute approximate surface area is 231 Å². The zero-order valence-corrected chi connectivity index (χ0v) is 25.8. The van der Waals surface area contributed by atoms with E-state index in [2.05, 4.69) is 28.1 Å². The number of carboxylic acids is 2. The normalized spacial score (nSPS) is 17.5. The Kier molecular flexibility index (Phi) is 27.7. The Morgan fingerprint density at radius 3 is 1.12 bits per heavy atom. The van der Waals surface area contributed by atoms with Gasteiger partial charge >= 0.3 is 11.9 Å². The molecule has 0 atom stereocenters. The fourth-order valence-corrected chi connectivity index (χ4v) is 4.37. The predicted molar refractivity (Wildman–Crippen MR) is 144 cm³/mol. The number of quaternary nitrogens is 1. The van der Waals surface area contributed by atoms with Crippen LogP contribution in [0.3, 0.4) is 0 Å². The van der Waals surface area contributed by atoms with E-state index in [4.69, 9.17) is 10.2 Å². The summed E-state index contributed by atoms with van der Waals surface area (Å²) < 4.78 is 1.12. The highest BCUT2D eigenvalue weighted by atomic mass is 79.9. The topological polar surface area (TPSA) is 74.6 Å². The van der Waals surface area contributed by atoms with Gasteiger partial charge < -0.3 is 31.7 Å². The minimum Gasteiger partial charge on any atom is -1.00 e. The number of hydrogen-bond donors (Lipinski definition) is 2. The summed E-state index contributed by atoms with van der Waals surface area (Å²) in [4.78, 5) is 21.0. The van der Waals surface area contributed by atoms with Crippen LogP contribution >= 0.6 is 17.0 Å². The summed E-state index contributed by atoms with van der Waals surface area (Å²) in [6.07, 6.45) is 22.4. The summed E-state index contributed by atoms with van der Waals surface area (Å²) in [6.45, 7) is 3.63. The highest BCUT2D eigenvalue weighted by Crippen LogP contribution is 2.28. The van der Waals surface area contributed by atoms with Crippen LogP contribution in [0.25, 0.3) is 0 Å². The number of carbonyl (C=O) groups is 2. The SMILES string of the molecule is Br.CCCCCCCCCCCCCCCC[N+](C)(C)C.O=C(O)[C@H]1CC[C@@H](C(=O)O)CC1.[Br-]. The molecule has 0 bridgehead atoms. The van der Waals surface area contributed by atoms with Crippen LogP contribution in [0.4, 0.5) is 0 Å². The smallest absolute Gasteiger partial charge is 0.306 e. The molecule has 1 rings (SSSR count). The van der Waals surface area contributed by atoms with Gasteiger partial charge in [-0.25, -0.2) is 0 Å². The van der Waals surface area contributed by atoms with Crippen LogP contribution in [0.1, 0.15) is 122 Å². The fourth-order valence-electron chi connectivity index (χ4n) is 4.37. The van der Waals surface area contributed by atoms with E-state index in [1.807, 2.05) is 0 Å². The van der Waals surface area contributed by atoms with Crippen molar-refractivity contribution in [3.05, 3.63) is 0 Å². The standard InChI is InChI=1S/C19H42N.C8H12O4.2BrH/c1-5-6-7-8-9-10-11-12-13-14-15-16-17-18-19-20(2,3)4;9-7(10)5-1-2-6(4-3-5)8(11)12;;/h5-19H2,1-4H3;5-6H,1-4H2,(H,9,10)(H,11,12);2*1H/q+1;;;/p-1/t;5-,6+;;. The number of rotatable bonds is 17. The van der Waals surface area contributed by atoms with Crippen molar-refractivity contribution in [2.24, 2.45) is 11.8 Å². The molecule has 1 aliphatic carbocycles. The van der Waals surface area contributed by atoms with E-state index in [0.717, 1.165) is 4.48 Å². The van der Waals surface area contributed by atoms with Gasteiger partial charge in [-0.15, -0.1) is 17.0 Å². The van der Waals surface area contributed by atoms with E-state index in [-0.39, 0.29) is 45.8 Å². The van der Waals surface area contributed by atoms with Gasteiger partial charge in [0, 0.05) is 0 Å². The van der Waals surface area contributed by atoms with Crippen LogP contribution in [0, 0.1) is 11.8 Å². The molecular weight excluding hydrogens is 562 g/mol. The second kappa shape index (κ2) is 24.5. The maximum absolute atomic E-state index is 10.5. The van der Waals surface area contributed by atoms with Gasteiger partial charge in [0.15, 0.2) is 0 Å². The molecule has 1 saturated carbocycles. The number of hydrogen-bond acceptors (Lipinski definition) is 2. The number of aliphatic carboxylic acids is 2.